The minimum Gasteiger partial charge on any atom is -0.299 e. The first-order chi connectivity index (χ1) is 7.29. The van der Waals surface area contributed by atoms with E-state index in [0.29, 0.717) is 11.7 Å². The molecule has 0 aromatic carbocycles. The molecule has 0 radical (unpaired) electrons. The summed E-state index contributed by atoms with van der Waals surface area (Å²) in [5.74, 6) is 5.93. The van der Waals surface area contributed by atoms with Gasteiger partial charge in [0.05, 0.1) is 0 Å². The van der Waals surface area contributed by atoms with E-state index in [0.717, 1.165) is 36.0 Å². The minimum atomic E-state index is 0.491. The first-order valence-electron chi connectivity index (χ1n) is 6.82. The molecule has 0 spiro atoms. The van der Waals surface area contributed by atoms with Crippen molar-refractivity contribution in [2.24, 2.45) is 35.5 Å². The van der Waals surface area contributed by atoms with Crippen molar-refractivity contribution in [2.75, 3.05) is 0 Å². The second-order valence-electron chi connectivity index (χ2n) is 6.69. The Labute approximate surface area is 91.6 Å². The first kappa shape index (κ1) is 8.78. The van der Waals surface area contributed by atoms with E-state index < -0.39 is 0 Å². The van der Waals surface area contributed by atoms with Crippen LogP contribution in [-0.2, 0) is 4.79 Å². The lowest BCUT2D eigenvalue weighted by Gasteiger charge is -2.15. The van der Waals surface area contributed by atoms with Crippen LogP contribution in [0.1, 0.15) is 44.9 Å². The van der Waals surface area contributed by atoms with Gasteiger partial charge in [0.15, 0.2) is 0 Å². The second kappa shape index (κ2) is 2.87. The Bertz CT molecular complexity index is 288. The van der Waals surface area contributed by atoms with E-state index in [2.05, 4.69) is 0 Å². The summed E-state index contributed by atoms with van der Waals surface area (Å²) in [6, 6.07) is 0. The van der Waals surface area contributed by atoms with Crippen LogP contribution >= 0.6 is 0 Å². The molecule has 0 saturated heterocycles. The Morgan fingerprint density at radius 2 is 1.33 bits per heavy atom. The largest absolute Gasteiger partial charge is 0.299 e. The third-order valence-corrected chi connectivity index (χ3v) is 5.53. The molecule has 0 amide bonds. The summed E-state index contributed by atoms with van der Waals surface area (Å²) in [4.78, 5) is 12.1. The van der Waals surface area contributed by atoms with Crippen LogP contribution in [0.5, 0.6) is 0 Å². The zero-order valence-corrected chi connectivity index (χ0v) is 9.32. The molecule has 3 unspecified atom stereocenters. The summed E-state index contributed by atoms with van der Waals surface area (Å²) in [7, 11) is 0. The van der Waals surface area contributed by atoms with Gasteiger partial charge in [-0.2, -0.15) is 0 Å². The molecule has 5 atom stereocenters. The van der Waals surface area contributed by atoms with Gasteiger partial charge in [0.1, 0.15) is 5.78 Å². The van der Waals surface area contributed by atoms with E-state index in [1.165, 1.54) is 38.5 Å². The molecule has 0 bridgehead atoms. The molecular weight excluding hydrogens is 184 g/mol. The van der Waals surface area contributed by atoms with Gasteiger partial charge in [0.25, 0.3) is 0 Å². The lowest BCUT2D eigenvalue weighted by Crippen LogP contribution is -2.16. The van der Waals surface area contributed by atoms with Crippen molar-refractivity contribution >= 4 is 5.78 Å². The molecule has 1 nitrogen and oxygen atoms in total. The highest BCUT2D eigenvalue weighted by atomic mass is 16.1. The van der Waals surface area contributed by atoms with Gasteiger partial charge in [0.2, 0.25) is 0 Å². The van der Waals surface area contributed by atoms with E-state index in [1.807, 2.05) is 0 Å². The van der Waals surface area contributed by atoms with E-state index >= 15 is 0 Å². The molecule has 4 fully saturated rings. The predicted octanol–water partition coefficient (Wildman–Crippen LogP) is 3.04. The van der Waals surface area contributed by atoms with Crippen LogP contribution in [0.3, 0.4) is 0 Å². The lowest BCUT2D eigenvalue weighted by molar-refractivity contribution is -0.123. The van der Waals surface area contributed by atoms with Gasteiger partial charge in [0, 0.05) is 12.3 Å². The molecule has 15 heavy (non-hydrogen) atoms. The molecule has 0 N–H and O–H groups in total. The second-order valence-corrected chi connectivity index (χ2v) is 6.69. The van der Waals surface area contributed by atoms with Crippen LogP contribution in [0.25, 0.3) is 0 Å². The number of rotatable bonds is 3. The number of fused-ring (bicyclic) bond motifs is 2. The van der Waals surface area contributed by atoms with Crippen molar-refractivity contribution in [3.63, 3.8) is 0 Å². The Morgan fingerprint density at radius 1 is 0.800 bits per heavy atom. The van der Waals surface area contributed by atoms with Crippen LogP contribution in [0.2, 0.25) is 0 Å². The molecule has 1 heteroatoms. The Morgan fingerprint density at radius 3 is 1.93 bits per heavy atom. The average molecular weight is 204 g/mol. The minimum absolute atomic E-state index is 0.491. The Balaban J connectivity index is 1.32. The molecule has 0 aromatic rings. The van der Waals surface area contributed by atoms with Crippen molar-refractivity contribution in [3.8, 4) is 0 Å². The quantitative estimate of drug-likeness (QED) is 0.690. The van der Waals surface area contributed by atoms with Crippen molar-refractivity contribution in [3.05, 3.63) is 0 Å². The number of hydrogen-bond acceptors (Lipinski definition) is 1. The van der Waals surface area contributed by atoms with Crippen molar-refractivity contribution < 1.29 is 4.79 Å². The standard InChI is InChI=1S/C14H20O/c15-14(13-6-11-5-12(11)7-13)3-8-1-9-4-10(9)2-8/h8-13H,1-7H2/t8?,9?,10?,11-,12+,13?. The highest BCUT2D eigenvalue weighted by molar-refractivity contribution is 5.81. The molecule has 0 aromatic heterocycles. The summed E-state index contributed by atoms with van der Waals surface area (Å²) in [5, 5.41) is 0. The van der Waals surface area contributed by atoms with Crippen molar-refractivity contribution in [2.45, 2.75) is 44.9 Å². The van der Waals surface area contributed by atoms with Gasteiger partial charge in [-0.1, -0.05) is 0 Å². The number of hydrogen-bond donors (Lipinski definition) is 0. The van der Waals surface area contributed by atoms with Crippen molar-refractivity contribution in [1.29, 1.82) is 0 Å². The normalized spacial score (nSPS) is 54.9. The molecule has 4 aliphatic carbocycles. The smallest absolute Gasteiger partial charge is 0.136 e. The molecule has 4 saturated carbocycles. The fourth-order valence-corrected chi connectivity index (χ4v) is 4.44. The van der Waals surface area contributed by atoms with Crippen LogP contribution < -0.4 is 0 Å². The fourth-order valence-electron chi connectivity index (χ4n) is 4.44. The molecule has 4 rings (SSSR count). The Kier molecular flexibility index (Phi) is 1.68. The van der Waals surface area contributed by atoms with Gasteiger partial charge >= 0.3 is 0 Å². The van der Waals surface area contributed by atoms with E-state index in [-0.39, 0.29) is 0 Å². The van der Waals surface area contributed by atoms with E-state index in [9.17, 15) is 4.79 Å². The summed E-state index contributed by atoms with van der Waals surface area (Å²) >= 11 is 0. The van der Waals surface area contributed by atoms with Crippen LogP contribution in [0.15, 0.2) is 0 Å². The maximum atomic E-state index is 12.1. The molecule has 0 aliphatic heterocycles. The maximum absolute atomic E-state index is 12.1. The Hall–Kier alpha value is -0.330. The van der Waals surface area contributed by atoms with Gasteiger partial charge in [-0.25, -0.2) is 0 Å². The van der Waals surface area contributed by atoms with Gasteiger partial charge < -0.3 is 0 Å². The van der Waals surface area contributed by atoms with E-state index in [4.69, 9.17) is 0 Å². The van der Waals surface area contributed by atoms with Gasteiger partial charge in [-0.15, -0.1) is 0 Å². The molecule has 0 heterocycles. The first-order valence-corrected chi connectivity index (χ1v) is 6.82. The van der Waals surface area contributed by atoms with Gasteiger partial charge in [-0.3, -0.25) is 4.79 Å². The lowest BCUT2D eigenvalue weighted by atomic mass is 9.89. The average Bonchev–Trinajstić information content (AvgIpc) is 3.05. The highest BCUT2D eigenvalue weighted by Gasteiger charge is 2.49. The van der Waals surface area contributed by atoms with Gasteiger partial charge in [-0.05, 0) is 68.1 Å². The van der Waals surface area contributed by atoms with Crippen molar-refractivity contribution in [1.82, 2.24) is 0 Å². The van der Waals surface area contributed by atoms with E-state index in [1.54, 1.807) is 0 Å². The summed E-state index contributed by atoms with van der Waals surface area (Å²) in [5.41, 5.74) is 0. The van der Waals surface area contributed by atoms with Crippen LogP contribution in [-0.4, -0.2) is 5.78 Å². The molecule has 82 valence electrons. The molecular formula is C14H20O. The summed E-state index contributed by atoms with van der Waals surface area (Å²) in [6.07, 6.45) is 9.14. The topological polar surface area (TPSA) is 17.1 Å². The molecule has 4 aliphatic rings. The maximum Gasteiger partial charge on any atom is 0.136 e. The number of carbonyl (C=O) groups is 1. The third-order valence-electron chi connectivity index (χ3n) is 5.53. The predicted molar refractivity (Wildman–Crippen MR) is 58.3 cm³/mol. The summed E-state index contributed by atoms with van der Waals surface area (Å²) in [6.45, 7) is 0. The summed E-state index contributed by atoms with van der Waals surface area (Å²) < 4.78 is 0. The third kappa shape index (κ3) is 1.46. The SMILES string of the molecule is O=C(CC1CC2CC2C1)C1C[C@@H]2C[C@@H]2C1. The fraction of sp³-hybridized carbons (Fsp3) is 0.929. The zero-order chi connectivity index (χ0) is 9.99. The van der Waals surface area contributed by atoms with Crippen LogP contribution in [0.4, 0.5) is 0 Å². The highest BCUT2D eigenvalue weighted by Crippen LogP contribution is 2.57. The number of carbonyl (C=O) groups excluding carboxylic acids is 1. The zero-order valence-electron chi connectivity index (χ0n) is 9.32. The number of Topliss-reactive ketones (excluding diaryl/α,β-unsaturated/α-hetero) is 1. The number of ketones is 1. The van der Waals surface area contributed by atoms with Crippen LogP contribution in [0, 0.1) is 35.5 Å². The monoisotopic (exact) mass is 204 g/mol.